The van der Waals surface area contributed by atoms with Crippen LogP contribution in [0.15, 0.2) is 28.7 Å². The highest BCUT2D eigenvalue weighted by molar-refractivity contribution is 9.10. The molecule has 8 heteroatoms. The second-order valence-corrected chi connectivity index (χ2v) is 7.01. The number of ether oxygens (including phenoxy) is 2. The number of anilines is 1. The van der Waals surface area contributed by atoms with E-state index < -0.39 is 17.8 Å². The highest BCUT2D eigenvalue weighted by Crippen LogP contribution is 2.35. The number of carbonyl (C=O) groups is 3. The summed E-state index contributed by atoms with van der Waals surface area (Å²) in [5.41, 5.74) is 1.00. The molecular formula is C18H18BrNO5S. The number of rotatable bonds is 6. The first-order valence-electron chi connectivity index (χ1n) is 7.94. The molecule has 2 aromatic rings. The fourth-order valence-corrected chi connectivity index (χ4v) is 3.81. The van der Waals surface area contributed by atoms with Crippen molar-refractivity contribution in [2.75, 3.05) is 18.5 Å². The number of halogens is 1. The molecule has 6 nitrogen and oxygen atoms in total. The third-order valence-electron chi connectivity index (χ3n) is 3.43. The molecular weight excluding hydrogens is 422 g/mol. The van der Waals surface area contributed by atoms with E-state index in [1.807, 2.05) is 0 Å². The van der Waals surface area contributed by atoms with E-state index in [-0.39, 0.29) is 28.7 Å². The zero-order valence-corrected chi connectivity index (χ0v) is 17.0. The van der Waals surface area contributed by atoms with E-state index in [9.17, 15) is 14.4 Å². The van der Waals surface area contributed by atoms with Gasteiger partial charge in [-0.15, -0.1) is 11.3 Å². The standard InChI is InChI=1S/C18H18BrNO5S/c1-4-24-17(22)13-10(3)14(18(23)25-5-2)26-16(13)20-15(21)11-8-6-7-9-12(11)19/h6-9H,4-5H2,1-3H3,(H,20,21). The van der Waals surface area contributed by atoms with Crippen molar-refractivity contribution in [1.29, 1.82) is 0 Å². The summed E-state index contributed by atoms with van der Waals surface area (Å²) in [5, 5.41) is 2.96. The van der Waals surface area contributed by atoms with Gasteiger partial charge in [0.15, 0.2) is 0 Å². The first-order chi connectivity index (χ1) is 12.4. The summed E-state index contributed by atoms with van der Waals surface area (Å²) >= 11 is 4.32. The zero-order chi connectivity index (χ0) is 19.3. The van der Waals surface area contributed by atoms with Gasteiger partial charge >= 0.3 is 11.9 Å². The summed E-state index contributed by atoms with van der Waals surface area (Å²) in [6.07, 6.45) is 0. The Morgan fingerprint density at radius 3 is 2.31 bits per heavy atom. The van der Waals surface area contributed by atoms with Crippen LogP contribution in [0.1, 0.15) is 49.8 Å². The van der Waals surface area contributed by atoms with E-state index in [1.54, 1.807) is 45.0 Å². The van der Waals surface area contributed by atoms with Gasteiger partial charge in [-0.05, 0) is 54.4 Å². The Bertz CT molecular complexity index is 846. The van der Waals surface area contributed by atoms with Crippen molar-refractivity contribution < 1.29 is 23.9 Å². The maximum atomic E-state index is 12.6. The predicted octanol–water partition coefficient (Wildman–Crippen LogP) is 4.42. The van der Waals surface area contributed by atoms with Crippen molar-refractivity contribution in [3.63, 3.8) is 0 Å². The SMILES string of the molecule is CCOC(=O)c1sc(NC(=O)c2ccccc2Br)c(C(=O)OCC)c1C. The summed E-state index contributed by atoms with van der Waals surface area (Å²) in [4.78, 5) is 37.3. The molecule has 1 heterocycles. The van der Waals surface area contributed by atoms with E-state index in [0.717, 1.165) is 11.3 Å². The maximum absolute atomic E-state index is 12.6. The van der Waals surface area contributed by atoms with Crippen LogP contribution >= 0.6 is 27.3 Å². The molecule has 1 aromatic carbocycles. The Balaban J connectivity index is 2.44. The van der Waals surface area contributed by atoms with Gasteiger partial charge in [0, 0.05) is 4.47 Å². The van der Waals surface area contributed by atoms with E-state index in [4.69, 9.17) is 9.47 Å². The van der Waals surface area contributed by atoms with E-state index >= 15 is 0 Å². The van der Waals surface area contributed by atoms with Crippen LogP contribution in [-0.4, -0.2) is 31.1 Å². The van der Waals surface area contributed by atoms with Crippen LogP contribution in [0.3, 0.4) is 0 Å². The van der Waals surface area contributed by atoms with Crippen molar-refractivity contribution >= 4 is 50.1 Å². The van der Waals surface area contributed by atoms with E-state index in [2.05, 4.69) is 21.2 Å². The van der Waals surface area contributed by atoms with Gasteiger partial charge in [-0.3, -0.25) is 4.79 Å². The number of hydrogen-bond donors (Lipinski definition) is 1. The smallest absolute Gasteiger partial charge is 0.348 e. The van der Waals surface area contributed by atoms with Gasteiger partial charge < -0.3 is 14.8 Å². The van der Waals surface area contributed by atoms with E-state index in [1.165, 1.54) is 0 Å². The highest BCUT2D eigenvalue weighted by atomic mass is 79.9. The molecule has 0 atom stereocenters. The summed E-state index contributed by atoms with van der Waals surface area (Å²) < 4.78 is 10.7. The molecule has 138 valence electrons. The Kier molecular flexibility index (Phi) is 6.93. The molecule has 0 aliphatic heterocycles. The molecule has 0 fully saturated rings. The quantitative estimate of drug-likeness (QED) is 0.673. The molecule has 0 unspecified atom stereocenters. The number of benzene rings is 1. The Labute approximate surface area is 163 Å². The van der Waals surface area contributed by atoms with E-state index in [0.29, 0.717) is 15.6 Å². The van der Waals surface area contributed by atoms with Gasteiger partial charge in [0.25, 0.3) is 5.91 Å². The van der Waals surface area contributed by atoms with Crippen molar-refractivity contribution in [2.24, 2.45) is 0 Å². The molecule has 0 aliphatic rings. The van der Waals surface area contributed by atoms with Crippen LogP contribution in [0.5, 0.6) is 0 Å². The number of amides is 1. The average molecular weight is 440 g/mol. The maximum Gasteiger partial charge on any atom is 0.348 e. The van der Waals surface area contributed by atoms with Crippen LogP contribution in [0.25, 0.3) is 0 Å². The van der Waals surface area contributed by atoms with Gasteiger partial charge in [0.1, 0.15) is 9.88 Å². The monoisotopic (exact) mass is 439 g/mol. The second-order valence-electron chi connectivity index (χ2n) is 5.14. The minimum atomic E-state index is -0.598. The Hall–Kier alpha value is -2.19. The lowest BCUT2D eigenvalue weighted by Crippen LogP contribution is -2.15. The molecule has 0 saturated heterocycles. The summed E-state index contributed by atoms with van der Waals surface area (Å²) in [6, 6.07) is 6.91. The largest absolute Gasteiger partial charge is 0.462 e. The molecule has 1 aromatic heterocycles. The summed E-state index contributed by atoms with van der Waals surface area (Å²) in [6.45, 7) is 5.40. The topological polar surface area (TPSA) is 81.7 Å². The second kappa shape index (κ2) is 8.95. The molecule has 0 aliphatic carbocycles. The first-order valence-corrected chi connectivity index (χ1v) is 9.55. The third-order valence-corrected chi connectivity index (χ3v) is 5.31. The summed E-state index contributed by atoms with van der Waals surface area (Å²) in [7, 11) is 0. The lowest BCUT2D eigenvalue weighted by molar-refractivity contribution is 0.0527. The fourth-order valence-electron chi connectivity index (χ4n) is 2.26. The van der Waals surface area contributed by atoms with Crippen LogP contribution in [-0.2, 0) is 9.47 Å². The Morgan fingerprint density at radius 2 is 1.69 bits per heavy atom. The fraction of sp³-hybridized carbons (Fsp3) is 0.278. The minimum Gasteiger partial charge on any atom is -0.462 e. The van der Waals surface area contributed by atoms with Crippen LogP contribution in [0.2, 0.25) is 0 Å². The van der Waals surface area contributed by atoms with Crippen molar-refractivity contribution in [2.45, 2.75) is 20.8 Å². The zero-order valence-electron chi connectivity index (χ0n) is 14.6. The molecule has 26 heavy (non-hydrogen) atoms. The Morgan fingerprint density at radius 1 is 1.08 bits per heavy atom. The first kappa shape index (κ1) is 20.1. The number of esters is 2. The van der Waals surface area contributed by atoms with Crippen molar-refractivity contribution in [1.82, 2.24) is 0 Å². The number of thiophene rings is 1. The molecule has 0 spiro atoms. The number of carbonyl (C=O) groups excluding carboxylic acids is 3. The lowest BCUT2D eigenvalue weighted by Gasteiger charge is -2.08. The van der Waals surface area contributed by atoms with Gasteiger partial charge in [0.2, 0.25) is 0 Å². The number of hydrogen-bond acceptors (Lipinski definition) is 6. The number of nitrogens with one attached hydrogen (secondary N) is 1. The molecule has 2 rings (SSSR count). The molecule has 1 N–H and O–H groups in total. The van der Waals surface area contributed by atoms with Crippen molar-refractivity contribution in [3.8, 4) is 0 Å². The van der Waals surface area contributed by atoms with Crippen LogP contribution < -0.4 is 5.32 Å². The molecule has 0 radical (unpaired) electrons. The highest BCUT2D eigenvalue weighted by Gasteiger charge is 2.27. The predicted molar refractivity (Wildman–Crippen MR) is 103 cm³/mol. The van der Waals surface area contributed by atoms with Gasteiger partial charge in [-0.1, -0.05) is 12.1 Å². The average Bonchev–Trinajstić information content (AvgIpc) is 2.92. The minimum absolute atomic E-state index is 0.167. The molecule has 1 amide bonds. The summed E-state index contributed by atoms with van der Waals surface area (Å²) in [5.74, 6) is -1.54. The third kappa shape index (κ3) is 4.31. The molecule has 0 saturated carbocycles. The normalized spacial score (nSPS) is 10.3. The van der Waals surface area contributed by atoms with Crippen LogP contribution in [0.4, 0.5) is 5.00 Å². The molecule has 0 bridgehead atoms. The van der Waals surface area contributed by atoms with Gasteiger partial charge in [0.05, 0.1) is 24.3 Å². The van der Waals surface area contributed by atoms with Crippen molar-refractivity contribution in [3.05, 3.63) is 50.3 Å². The van der Waals surface area contributed by atoms with Crippen LogP contribution in [0, 0.1) is 6.92 Å². The van der Waals surface area contributed by atoms with Gasteiger partial charge in [-0.25, -0.2) is 9.59 Å². The lowest BCUT2D eigenvalue weighted by atomic mass is 10.1. The van der Waals surface area contributed by atoms with Gasteiger partial charge in [-0.2, -0.15) is 0 Å².